The van der Waals surface area contributed by atoms with Crippen molar-refractivity contribution in [3.05, 3.63) is 23.8 Å². The van der Waals surface area contributed by atoms with Crippen molar-refractivity contribution in [1.82, 2.24) is 5.32 Å². The molecule has 0 fully saturated rings. The first-order chi connectivity index (χ1) is 9.60. The second-order valence-electron chi connectivity index (χ2n) is 5.24. The quantitative estimate of drug-likeness (QED) is 0.846. The number of benzene rings is 1. The maximum Gasteiger partial charge on any atom is 0.226 e. The van der Waals surface area contributed by atoms with Crippen LogP contribution in [0.2, 0.25) is 0 Å². The number of methoxy groups -OCH3 is 1. The predicted octanol–water partition coefficient (Wildman–Crippen LogP) is 1.10. The average molecular weight is 278 g/mol. The largest absolute Gasteiger partial charge is 0.497 e. The molecule has 1 heterocycles. The van der Waals surface area contributed by atoms with Crippen LogP contribution in [0.5, 0.6) is 11.5 Å². The minimum Gasteiger partial charge on any atom is -0.497 e. The minimum absolute atomic E-state index is 0.0270. The fourth-order valence-electron chi connectivity index (χ4n) is 2.23. The fourth-order valence-corrected chi connectivity index (χ4v) is 2.23. The molecule has 5 nitrogen and oxygen atoms in total. The molecule has 2 rings (SSSR count). The number of fused-ring (bicyclic) bond motifs is 1. The van der Waals surface area contributed by atoms with Crippen molar-refractivity contribution in [3.8, 4) is 11.5 Å². The molecular formula is C15H22N2O3. The summed E-state index contributed by atoms with van der Waals surface area (Å²) < 4.78 is 10.8. The Bertz CT molecular complexity index is 474. The topological polar surface area (TPSA) is 73.6 Å². The normalized spacial score (nSPS) is 18.6. The highest BCUT2D eigenvalue weighted by molar-refractivity contribution is 5.79. The van der Waals surface area contributed by atoms with E-state index in [1.807, 2.05) is 25.1 Å². The van der Waals surface area contributed by atoms with E-state index in [9.17, 15) is 4.79 Å². The third-order valence-corrected chi connectivity index (χ3v) is 3.44. The lowest BCUT2D eigenvalue weighted by atomic mass is 9.95. The van der Waals surface area contributed by atoms with Crippen LogP contribution in [-0.2, 0) is 11.2 Å². The summed E-state index contributed by atoms with van der Waals surface area (Å²) >= 11 is 0. The highest BCUT2D eigenvalue weighted by Gasteiger charge is 2.26. The molecule has 1 aliphatic rings. The highest BCUT2D eigenvalue weighted by atomic mass is 16.5. The van der Waals surface area contributed by atoms with Crippen LogP contribution < -0.4 is 20.5 Å². The Kier molecular flexibility index (Phi) is 4.84. The number of ether oxygens (including phenoxy) is 2. The monoisotopic (exact) mass is 278 g/mol. The first-order valence-corrected chi connectivity index (χ1v) is 6.93. The molecule has 2 unspecified atom stereocenters. The van der Waals surface area contributed by atoms with Gasteiger partial charge in [-0.3, -0.25) is 4.79 Å². The maximum absolute atomic E-state index is 12.1. The molecule has 5 heteroatoms. The lowest BCUT2D eigenvalue weighted by Crippen LogP contribution is -2.38. The third-order valence-electron chi connectivity index (χ3n) is 3.44. The van der Waals surface area contributed by atoms with E-state index in [-0.39, 0.29) is 17.9 Å². The molecule has 0 radical (unpaired) electrons. The number of nitrogens with two attached hydrogens (primary N) is 1. The molecular weight excluding hydrogens is 256 g/mol. The van der Waals surface area contributed by atoms with Crippen molar-refractivity contribution in [2.24, 2.45) is 11.7 Å². The van der Waals surface area contributed by atoms with Crippen LogP contribution in [0.15, 0.2) is 18.2 Å². The van der Waals surface area contributed by atoms with Crippen molar-refractivity contribution in [2.75, 3.05) is 20.3 Å². The summed E-state index contributed by atoms with van der Waals surface area (Å²) in [5, 5.41) is 2.91. The number of hydrogen-bond donors (Lipinski definition) is 2. The molecule has 0 aliphatic carbocycles. The van der Waals surface area contributed by atoms with E-state index in [1.54, 1.807) is 7.11 Å². The summed E-state index contributed by atoms with van der Waals surface area (Å²) in [4.78, 5) is 12.1. The van der Waals surface area contributed by atoms with Crippen molar-refractivity contribution in [1.29, 1.82) is 0 Å². The molecule has 0 saturated carbocycles. The lowest BCUT2D eigenvalue weighted by Gasteiger charge is -2.25. The van der Waals surface area contributed by atoms with Crippen molar-refractivity contribution >= 4 is 5.91 Å². The molecule has 1 aliphatic heterocycles. The molecule has 3 N–H and O–H groups in total. The van der Waals surface area contributed by atoms with Gasteiger partial charge in [0.05, 0.1) is 13.0 Å². The Hall–Kier alpha value is -1.75. The summed E-state index contributed by atoms with van der Waals surface area (Å²) in [6, 6.07) is 5.78. The molecule has 0 bridgehead atoms. The smallest absolute Gasteiger partial charge is 0.226 e. The molecule has 0 aromatic heterocycles. The average Bonchev–Trinajstić information content (AvgIpc) is 2.45. The van der Waals surface area contributed by atoms with Crippen LogP contribution in [0, 0.1) is 5.92 Å². The van der Waals surface area contributed by atoms with Crippen LogP contribution in [0.3, 0.4) is 0 Å². The van der Waals surface area contributed by atoms with Gasteiger partial charge in [-0.2, -0.15) is 0 Å². The minimum atomic E-state index is -0.150. The van der Waals surface area contributed by atoms with E-state index in [2.05, 4.69) is 5.32 Å². The fraction of sp³-hybridized carbons (Fsp3) is 0.533. The van der Waals surface area contributed by atoms with Gasteiger partial charge in [0.1, 0.15) is 18.1 Å². The predicted molar refractivity (Wildman–Crippen MR) is 77.0 cm³/mol. The van der Waals surface area contributed by atoms with Crippen molar-refractivity contribution < 1.29 is 14.3 Å². The number of carbonyl (C=O) groups excluding carboxylic acids is 1. The standard InChI is InChI=1S/C15H22N2O3/c1-10(16)5-6-17-15(18)12-7-11-8-13(19-2)3-4-14(11)20-9-12/h3-4,8,10,12H,5-7,9,16H2,1-2H3,(H,17,18). The number of nitrogens with one attached hydrogen (secondary N) is 1. The molecule has 20 heavy (non-hydrogen) atoms. The van der Waals surface area contributed by atoms with Crippen LogP contribution in [0.1, 0.15) is 18.9 Å². The lowest BCUT2D eigenvalue weighted by molar-refractivity contribution is -0.126. The summed E-state index contributed by atoms with van der Waals surface area (Å²) in [6.45, 7) is 2.96. The molecule has 1 aromatic rings. The van der Waals surface area contributed by atoms with Gasteiger partial charge in [0.15, 0.2) is 0 Å². The van der Waals surface area contributed by atoms with Crippen molar-refractivity contribution in [2.45, 2.75) is 25.8 Å². The van der Waals surface area contributed by atoms with Crippen LogP contribution >= 0.6 is 0 Å². The van der Waals surface area contributed by atoms with Crippen LogP contribution in [0.4, 0.5) is 0 Å². The molecule has 0 spiro atoms. The maximum atomic E-state index is 12.1. The molecule has 2 atom stereocenters. The number of carbonyl (C=O) groups is 1. The van der Waals surface area contributed by atoms with Gasteiger partial charge in [0.2, 0.25) is 5.91 Å². The Labute approximate surface area is 119 Å². The Morgan fingerprint density at radius 3 is 3.10 bits per heavy atom. The second kappa shape index (κ2) is 6.61. The summed E-state index contributed by atoms with van der Waals surface area (Å²) in [5.74, 6) is 1.50. The van der Waals surface area contributed by atoms with Crippen LogP contribution in [0.25, 0.3) is 0 Å². The summed E-state index contributed by atoms with van der Waals surface area (Å²) in [5.41, 5.74) is 6.68. The van der Waals surface area contributed by atoms with Gasteiger partial charge in [0, 0.05) is 12.6 Å². The van der Waals surface area contributed by atoms with Gasteiger partial charge in [-0.05, 0) is 43.5 Å². The zero-order valence-corrected chi connectivity index (χ0v) is 12.0. The van der Waals surface area contributed by atoms with E-state index in [0.29, 0.717) is 19.6 Å². The first-order valence-electron chi connectivity index (χ1n) is 6.93. The van der Waals surface area contributed by atoms with E-state index in [0.717, 1.165) is 23.5 Å². The van der Waals surface area contributed by atoms with Gasteiger partial charge in [-0.15, -0.1) is 0 Å². The summed E-state index contributed by atoms with van der Waals surface area (Å²) in [7, 11) is 1.63. The Morgan fingerprint density at radius 2 is 2.40 bits per heavy atom. The molecule has 1 aromatic carbocycles. The van der Waals surface area contributed by atoms with E-state index >= 15 is 0 Å². The van der Waals surface area contributed by atoms with E-state index < -0.39 is 0 Å². The van der Waals surface area contributed by atoms with Gasteiger partial charge >= 0.3 is 0 Å². The number of rotatable bonds is 5. The SMILES string of the molecule is COc1ccc2c(c1)CC(C(=O)NCCC(C)N)CO2. The molecule has 0 saturated heterocycles. The Balaban J connectivity index is 1.94. The molecule has 1 amide bonds. The van der Waals surface area contributed by atoms with E-state index in [1.165, 1.54) is 0 Å². The second-order valence-corrected chi connectivity index (χ2v) is 5.24. The van der Waals surface area contributed by atoms with Crippen molar-refractivity contribution in [3.63, 3.8) is 0 Å². The third kappa shape index (κ3) is 3.63. The zero-order chi connectivity index (χ0) is 14.5. The van der Waals surface area contributed by atoms with Crippen LogP contribution in [-0.4, -0.2) is 32.2 Å². The van der Waals surface area contributed by atoms with Gasteiger partial charge in [-0.25, -0.2) is 0 Å². The zero-order valence-electron chi connectivity index (χ0n) is 12.0. The van der Waals surface area contributed by atoms with Gasteiger partial charge < -0.3 is 20.5 Å². The van der Waals surface area contributed by atoms with E-state index in [4.69, 9.17) is 15.2 Å². The highest BCUT2D eigenvalue weighted by Crippen LogP contribution is 2.30. The Morgan fingerprint density at radius 1 is 1.60 bits per heavy atom. The summed E-state index contributed by atoms with van der Waals surface area (Å²) in [6.07, 6.45) is 1.46. The van der Waals surface area contributed by atoms with Gasteiger partial charge in [-0.1, -0.05) is 0 Å². The number of amides is 1. The number of hydrogen-bond acceptors (Lipinski definition) is 4. The van der Waals surface area contributed by atoms with Gasteiger partial charge in [0.25, 0.3) is 0 Å². The first kappa shape index (κ1) is 14.7. The molecule has 110 valence electrons.